The van der Waals surface area contributed by atoms with E-state index in [2.05, 4.69) is 42.9 Å². The average Bonchev–Trinajstić information content (AvgIpc) is 3.04. The van der Waals surface area contributed by atoms with E-state index in [1.54, 1.807) is 11.0 Å². The van der Waals surface area contributed by atoms with Crippen molar-refractivity contribution >= 4 is 5.91 Å². The summed E-state index contributed by atoms with van der Waals surface area (Å²) in [7, 11) is 4.20. The van der Waals surface area contributed by atoms with Crippen molar-refractivity contribution in [1.82, 2.24) is 24.6 Å². The summed E-state index contributed by atoms with van der Waals surface area (Å²) in [5.41, 5.74) is 0. The Balaban J connectivity index is 1.91. The second-order valence-corrected chi connectivity index (χ2v) is 6.15. The Morgan fingerprint density at radius 3 is 2.65 bits per heavy atom. The van der Waals surface area contributed by atoms with Crippen LogP contribution in [-0.2, 0) is 11.3 Å². The van der Waals surface area contributed by atoms with Crippen LogP contribution in [0, 0.1) is 11.8 Å². The molecule has 1 amide bonds. The zero-order valence-electron chi connectivity index (χ0n) is 12.9. The smallest absolute Gasteiger partial charge is 0.224 e. The predicted molar refractivity (Wildman–Crippen MR) is 77.0 cm³/mol. The fraction of sp³-hybridized carbons (Fsp3) is 0.786. The summed E-state index contributed by atoms with van der Waals surface area (Å²) in [6, 6.07) is 0.463. The van der Waals surface area contributed by atoms with E-state index < -0.39 is 0 Å². The zero-order chi connectivity index (χ0) is 14.7. The topological polar surface area (TPSA) is 54.3 Å². The van der Waals surface area contributed by atoms with Crippen molar-refractivity contribution in [3.05, 3.63) is 12.7 Å². The van der Waals surface area contributed by atoms with Crippen molar-refractivity contribution in [3.8, 4) is 0 Å². The van der Waals surface area contributed by atoms with Crippen LogP contribution >= 0.6 is 0 Å². The normalized spacial score (nSPS) is 23.0. The van der Waals surface area contributed by atoms with E-state index in [0.29, 0.717) is 30.8 Å². The molecule has 2 atom stereocenters. The highest BCUT2D eigenvalue weighted by atomic mass is 16.2. The molecule has 0 spiro atoms. The summed E-state index contributed by atoms with van der Waals surface area (Å²) in [6.07, 6.45) is 3.64. The number of hydrogen-bond acceptors (Lipinski definition) is 4. The maximum atomic E-state index is 12.3. The van der Waals surface area contributed by atoms with Gasteiger partial charge in [-0.2, -0.15) is 5.10 Å². The van der Waals surface area contributed by atoms with E-state index in [4.69, 9.17) is 0 Å². The summed E-state index contributed by atoms with van der Waals surface area (Å²) < 4.78 is 1.71. The highest BCUT2D eigenvalue weighted by Gasteiger charge is 2.37. The lowest BCUT2D eigenvalue weighted by atomic mass is 9.91. The first-order valence-electron chi connectivity index (χ1n) is 7.25. The van der Waals surface area contributed by atoms with Crippen LogP contribution in [0.3, 0.4) is 0 Å². The molecule has 1 aromatic heterocycles. The zero-order valence-corrected chi connectivity index (χ0v) is 12.9. The molecule has 0 saturated carbocycles. The lowest BCUT2D eigenvalue weighted by Crippen LogP contribution is -2.37. The Morgan fingerprint density at radius 1 is 1.40 bits per heavy atom. The molecule has 0 aromatic carbocycles. The van der Waals surface area contributed by atoms with Gasteiger partial charge >= 0.3 is 0 Å². The van der Waals surface area contributed by atoms with E-state index in [9.17, 15) is 4.79 Å². The van der Waals surface area contributed by atoms with Crippen molar-refractivity contribution in [1.29, 1.82) is 0 Å². The van der Waals surface area contributed by atoms with Crippen LogP contribution in [0.2, 0.25) is 0 Å². The van der Waals surface area contributed by atoms with E-state index >= 15 is 0 Å². The second-order valence-electron chi connectivity index (χ2n) is 6.15. The van der Waals surface area contributed by atoms with E-state index in [1.165, 1.54) is 6.33 Å². The standard InChI is InChI=1S/C14H25N5O/c1-11(2)12-7-18(8-13(12)17(3)4)14(20)5-6-19-10-15-9-16-19/h9-13H,5-8H2,1-4H3/t12-,13+/m0/s1. The van der Waals surface area contributed by atoms with Crippen LogP contribution in [0.25, 0.3) is 0 Å². The maximum absolute atomic E-state index is 12.3. The van der Waals surface area contributed by atoms with Crippen LogP contribution < -0.4 is 0 Å². The number of rotatable bonds is 5. The number of aryl methyl sites for hydroxylation is 1. The third kappa shape index (κ3) is 3.36. The van der Waals surface area contributed by atoms with Crippen molar-refractivity contribution in [2.75, 3.05) is 27.2 Å². The van der Waals surface area contributed by atoms with Gasteiger partial charge in [0.25, 0.3) is 0 Å². The van der Waals surface area contributed by atoms with Gasteiger partial charge in [-0.15, -0.1) is 0 Å². The molecule has 2 heterocycles. The van der Waals surface area contributed by atoms with Gasteiger partial charge in [0.15, 0.2) is 0 Å². The van der Waals surface area contributed by atoms with Gasteiger partial charge in [-0.1, -0.05) is 13.8 Å². The van der Waals surface area contributed by atoms with Gasteiger partial charge in [0.1, 0.15) is 12.7 Å². The minimum absolute atomic E-state index is 0.218. The van der Waals surface area contributed by atoms with E-state index in [-0.39, 0.29) is 5.91 Å². The van der Waals surface area contributed by atoms with Crippen LogP contribution in [-0.4, -0.2) is 63.7 Å². The Hall–Kier alpha value is -1.43. The molecule has 0 radical (unpaired) electrons. The molecule has 1 fully saturated rings. The van der Waals surface area contributed by atoms with Gasteiger partial charge in [0.05, 0.1) is 6.54 Å². The summed E-state index contributed by atoms with van der Waals surface area (Å²) in [6.45, 7) is 6.80. The number of amides is 1. The third-order valence-corrected chi connectivity index (χ3v) is 4.23. The Labute approximate surface area is 120 Å². The first kappa shape index (κ1) is 15.0. The van der Waals surface area contributed by atoms with Crippen LogP contribution in [0.1, 0.15) is 20.3 Å². The monoisotopic (exact) mass is 279 g/mol. The summed E-state index contributed by atoms with van der Waals surface area (Å²) in [5.74, 6) is 1.37. The first-order valence-corrected chi connectivity index (χ1v) is 7.25. The number of carbonyl (C=O) groups excluding carboxylic acids is 1. The quantitative estimate of drug-likeness (QED) is 0.796. The molecule has 0 unspecified atom stereocenters. The van der Waals surface area contributed by atoms with Crippen LogP contribution in [0.5, 0.6) is 0 Å². The number of likely N-dealkylation sites (tertiary alicyclic amines) is 1. The number of likely N-dealkylation sites (N-methyl/N-ethyl adjacent to an activating group) is 1. The average molecular weight is 279 g/mol. The first-order chi connectivity index (χ1) is 9.49. The highest BCUT2D eigenvalue weighted by molar-refractivity contribution is 5.76. The molecule has 0 bridgehead atoms. The molecule has 20 heavy (non-hydrogen) atoms. The largest absolute Gasteiger partial charge is 0.341 e. The summed E-state index contributed by atoms with van der Waals surface area (Å²) in [5, 5.41) is 4.03. The van der Waals surface area contributed by atoms with Crippen molar-refractivity contribution in [3.63, 3.8) is 0 Å². The molecule has 1 aliphatic heterocycles. The van der Waals surface area contributed by atoms with Crippen LogP contribution in [0.15, 0.2) is 12.7 Å². The van der Waals surface area contributed by atoms with E-state index in [0.717, 1.165) is 13.1 Å². The lowest BCUT2D eigenvalue weighted by Gasteiger charge is -2.27. The van der Waals surface area contributed by atoms with Crippen molar-refractivity contribution in [2.45, 2.75) is 32.9 Å². The molecule has 112 valence electrons. The minimum atomic E-state index is 0.218. The molecule has 1 aromatic rings. The number of carbonyl (C=O) groups is 1. The SMILES string of the molecule is CC(C)[C@@H]1CN(C(=O)CCn2cncn2)C[C@H]1N(C)C. The van der Waals surface area contributed by atoms with Crippen molar-refractivity contribution < 1.29 is 4.79 Å². The minimum Gasteiger partial charge on any atom is -0.341 e. The second kappa shape index (κ2) is 6.35. The van der Waals surface area contributed by atoms with Gasteiger partial charge in [-0.25, -0.2) is 4.98 Å². The molecule has 2 rings (SSSR count). The van der Waals surface area contributed by atoms with Crippen molar-refractivity contribution in [2.24, 2.45) is 11.8 Å². The number of hydrogen-bond donors (Lipinski definition) is 0. The van der Waals surface area contributed by atoms with Crippen LogP contribution in [0.4, 0.5) is 0 Å². The summed E-state index contributed by atoms with van der Waals surface area (Å²) in [4.78, 5) is 20.5. The highest BCUT2D eigenvalue weighted by Crippen LogP contribution is 2.27. The number of nitrogens with zero attached hydrogens (tertiary/aromatic N) is 5. The Morgan fingerprint density at radius 2 is 2.15 bits per heavy atom. The number of aromatic nitrogens is 3. The fourth-order valence-electron chi connectivity index (χ4n) is 2.93. The molecular weight excluding hydrogens is 254 g/mol. The Kier molecular flexibility index (Phi) is 4.75. The predicted octanol–water partition coefficient (Wildman–Crippen LogP) is 0.713. The molecular formula is C14H25N5O. The molecule has 0 aliphatic carbocycles. The van der Waals surface area contributed by atoms with Gasteiger partial charge < -0.3 is 9.80 Å². The molecule has 1 saturated heterocycles. The van der Waals surface area contributed by atoms with Gasteiger partial charge in [0, 0.05) is 25.6 Å². The molecule has 1 aliphatic rings. The fourth-order valence-corrected chi connectivity index (χ4v) is 2.93. The maximum Gasteiger partial charge on any atom is 0.224 e. The van der Waals surface area contributed by atoms with E-state index in [1.807, 2.05) is 4.90 Å². The Bertz CT molecular complexity index is 413. The molecule has 6 nitrogen and oxygen atoms in total. The third-order valence-electron chi connectivity index (χ3n) is 4.23. The molecule has 6 heteroatoms. The van der Waals surface area contributed by atoms with Gasteiger partial charge in [-0.05, 0) is 25.9 Å². The van der Waals surface area contributed by atoms with Gasteiger partial charge in [0.2, 0.25) is 5.91 Å². The lowest BCUT2D eigenvalue weighted by molar-refractivity contribution is -0.130. The molecule has 0 N–H and O–H groups in total. The summed E-state index contributed by atoms with van der Waals surface area (Å²) >= 11 is 0. The van der Waals surface area contributed by atoms with Gasteiger partial charge in [-0.3, -0.25) is 9.48 Å².